The number of aliphatic carboxylic acids is 1. The molecule has 4 heteroatoms. The minimum Gasteiger partial charge on any atom is -0.481 e. The molecule has 0 saturated heterocycles. The summed E-state index contributed by atoms with van der Waals surface area (Å²) in [5, 5.41) is 9.04. The van der Waals surface area contributed by atoms with Crippen LogP contribution in [0.5, 0.6) is 0 Å². The molecule has 0 aliphatic carbocycles. The summed E-state index contributed by atoms with van der Waals surface area (Å²) in [4.78, 5) is 15.4. The third kappa shape index (κ3) is 1.91. The van der Waals surface area contributed by atoms with Gasteiger partial charge in [-0.15, -0.1) is 0 Å². The second-order valence-corrected chi connectivity index (χ2v) is 4.56. The predicted octanol–water partition coefficient (Wildman–Crippen LogP) is 1.99. The number of carboxylic acids is 1. The maximum absolute atomic E-state index is 11.0. The molecule has 2 aromatic rings. The lowest BCUT2D eigenvalue weighted by Crippen LogP contribution is -2.26. The van der Waals surface area contributed by atoms with Gasteiger partial charge in [-0.1, -0.05) is 6.07 Å². The standard InChI is InChI=1S/C12H14N2O2/c1-12(2,11(15)16)7-9-8-14-6-4-3-5-10(14)13-9/h3-6,8H,7H2,1-2H3,(H,15,16). The van der Waals surface area contributed by atoms with E-state index in [9.17, 15) is 4.79 Å². The van der Waals surface area contributed by atoms with Gasteiger partial charge in [0.15, 0.2) is 0 Å². The first kappa shape index (κ1) is 10.7. The molecular weight excluding hydrogens is 204 g/mol. The van der Waals surface area contributed by atoms with E-state index >= 15 is 0 Å². The highest BCUT2D eigenvalue weighted by molar-refractivity contribution is 5.74. The van der Waals surface area contributed by atoms with Gasteiger partial charge in [-0.2, -0.15) is 0 Å². The average molecular weight is 218 g/mol. The van der Waals surface area contributed by atoms with Crippen LogP contribution in [0.1, 0.15) is 19.5 Å². The number of aromatic nitrogens is 2. The molecule has 0 unspecified atom stereocenters. The van der Waals surface area contributed by atoms with Gasteiger partial charge in [0.1, 0.15) is 5.65 Å². The van der Waals surface area contributed by atoms with Crippen molar-refractivity contribution >= 4 is 11.6 Å². The van der Waals surface area contributed by atoms with Crippen molar-refractivity contribution in [3.8, 4) is 0 Å². The number of rotatable bonds is 3. The lowest BCUT2D eigenvalue weighted by Gasteiger charge is -2.16. The molecule has 2 heterocycles. The first-order chi connectivity index (χ1) is 7.49. The van der Waals surface area contributed by atoms with Gasteiger partial charge in [-0.3, -0.25) is 4.79 Å². The van der Waals surface area contributed by atoms with Crippen molar-refractivity contribution < 1.29 is 9.90 Å². The topological polar surface area (TPSA) is 54.6 Å². The lowest BCUT2D eigenvalue weighted by atomic mass is 9.88. The Bertz CT molecular complexity index is 496. The molecule has 0 aliphatic rings. The zero-order valence-electron chi connectivity index (χ0n) is 9.34. The maximum atomic E-state index is 11.0. The number of carboxylic acid groups (broad SMARTS) is 1. The summed E-state index contributed by atoms with van der Waals surface area (Å²) in [5.74, 6) is -0.801. The van der Waals surface area contributed by atoms with Crippen molar-refractivity contribution in [2.75, 3.05) is 0 Å². The van der Waals surface area contributed by atoms with E-state index in [1.54, 1.807) is 13.8 Å². The minimum atomic E-state index is -0.801. The van der Waals surface area contributed by atoms with Crippen LogP contribution in [0.25, 0.3) is 5.65 Å². The maximum Gasteiger partial charge on any atom is 0.309 e. The quantitative estimate of drug-likeness (QED) is 0.857. The number of hydrogen-bond acceptors (Lipinski definition) is 2. The lowest BCUT2D eigenvalue weighted by molar-refractivity contribution is -0.146. The molecule has 0 fully saturated rings. The first-order valence-electron chi connectivity index (χ1n) is 5.15. The summed E-state index contributed by atoms with van der Waals surface area (Å²) < 4.78 is 1.90. The Hall–Kier alpha value is -1.84. The molecule has 1 N–H and O–H groups in total. The first-order valence-corrected chi connectivity index (χ1v) is 5.15. The molecule has 0 bridgehead atoms. The Labute approximate surface area is 93.5 Å². The van der Waals surface area contributed by atoms with Gasteiger partial charge in [0, 0.05) is 18.8 Å². The van der Waals surface area contributed by atoms with Crippen LogP contribution in [-0.4, -0.2) is 20.5 Å². The summed E-state index contributed by atoms with van der Waals surface area (Å²) >= 11 is 0. The molecule has 16 heavy (non-hydrogen) atoms. The molecule has 0 saturated carbocycles. The molecule has 2 rings (SSSR count). The second-order valence-electron chi connectivity index (χ2n) is 4.56. The smallest absolute Gasteiger partial charge is 0.309 e. The fourth-order valence-electron chi connectivity index (χ4n) is 1.60. The van der Waals surface area contributed by atoms with Gasteiger partial charge in [0.05, 0.1) is 11.1 Å². The van der Waals surface area contributed by atoms with Crippen molar-refractivity contribution in [3.63, 3.8) is 0 Å². The van der Waals surface area contributed by atoms with E-state index in [1.807, 2.05) is 35.0 Å². The molecule has 2 aromatic heterocycles. The number of pyridine rings is 1. The van der Waals surface area contributed by atoms with Gasteiger partial charge < -0.3 is 9.51 Å². The van der Waals surface area contributed by atoms with Crippen molar-refractivity contribution in [2.24, 2.45) is 5.41 Å². The Balaban J connectivity index is 2.32. The molecule has 0 radical (unpaired) electrons. The molecule has 0 aromatic carbocycles. The van der Waals surface area contributed by atoms with Crippen LogP contribution in [0.15, 0.2) is 30.6 Å². The minimum absolute atomic E-state index is 0.435. The fourth-order valence-corrected chi connectivity index (χ4v) is 1.60. The summed E-state index contributed by atoms with van der Waals surface area (Å²) in [6.45, 7) is 3.42. The Kier molecular flexibility index (Phi) is 2.42. The molecule has 0 amide bonds. The average Bonchev–Trinajstić information content (AvgIpc) is 2.58. The van der Waals surface area contributed by atoms with Gasteiger partial charge >= 0.3 is 5.97 Å². The van der Waals surface area contributed by atoms with Crippen LogP contribution < -0.4 is 0 Å². The summed E-state index contributed by atoms with van der Waals surface area (Å²) in [6.07, 6.45) is 4.21. The second kappa shape index (κ2) is 3.63. The highest BCUT2D eigenvalue weighted by atomic mass is 16.4. The van der Waals surface area contributed by atoms with E-state index in [0.717, 1.165) is 11.3 Å². The van der Waals surface area contributed by atoms with Crippen molar-refractivity contribution in [3.05, 3.63) is 36.3 Å². The van der Waals surface area contributed by atoms with Crippen LogP contribution in [-0.2, 0) is 11.2 Å². The number of fused-ring (bicyclic) bond motifs is 1. The summed E-state index contributed by atoms with van der Waals surface area (Å²) in [5.41, 5.74) is 0.870. The molecule has 0 aliphatic heterocycles. The number of imidazole rings is 1. The number of hydrogen-bond donors (Lipinski definition) is 1. The number of nitrogens with zero attached hydrogens (tertiary/aromatic N) is 2. The molecule has 0 spiro atoms. The van der Waals surface area contributed by atoms with Crippen molar-refractivity contribution in [2.45, 2.75) is 20.3 Å². The Morgan fingerprint density at radius 2 is 2.25 bits per heavy atom. The van der Waals surface area contributed by atoms with Crippen LogP contribution in [0.3, 0.4) is 0 Å². The Morgan fingerprint density at radius 1 is 1.50 bits per heavy atom. The largest absolute Gasteiger partial charge is 0.481 e. The van der Waals surface area contributed by atoms with Crippen molar-refractivity contribution in [1.29, 1.82) is 0 Å². The zero-order valence-corrected chi connectivity index (χ0v) is 9.34. The SMILES string of the molecule is CC(C)(Cc1cn2ccccc2n1)C(=O)O. The van der Waals surface area contributed by atoms with Crippen molar-refractivity contribution in [1.82, 2.24) is 9.38 Å². The van der Waals surface area contributed by atoms with Gasteiger partial charge in [-0.05, 0) is 26.0 Å². The fraction of sp³-hybridized carbons (Fsp3) is 0.333. The summed E-state index contributed by atoms with van der Waals surface area (Å²) in [7, 11) is 0. The third-order valence-corrected chi connectivity index (χ3v) is 2.62. The predicted molar refractivity (Wildman–Crippen MR) is 60.3 cm³/mol. The highest BCUT2D eigenvalue weighted by Crippen LogP contribution is 2.21. The van der Waals surface area contributed by atoms with E-state index < -0.39 is 11.4 Å². The number of carbonyl (C=O) groups is 1. The molecule has 0 atom stereocenters. The van der Waals surface area contributed by atoms with E-state index in [0.29, 0.717) is 6.42 Å². The molecule has 84 valence electrons. The van der Waals surface area contributed by atoms with Gasteiger partial charge in [0.25, 0.3) is 0 Å². The highest BCUT2D eigenvalue weighted by Gasteiger charge is 2.28. The van der Waals surface area contributed by atoms with Gasteiger partial charge in [0.2, 0.25) is 0 Å². The van der Waals surface area contributed by atoms with Gasteiger partial charge in [-0.25, -0.2) is 4.98 Å². The van der Waals surface area contributed by atoms with Crippen LogP contribution in [0.4, 0.5) is 0 Å². The van der Waals surface area contributed by atoms with Crippen LogP contribution in [0, 0.1) is 5.41 Å². The monoisotopic (exact) mass is 218 g/mol. The van der Waals surface area contributed by atoms with E-state index in [4.69, 9.17) is 5.11 Å². The van der Waals surface area contributed by atoms with Crippen LogP contribution in [0.2, 0.25) is 0 Å². The summed E-state index contributed by atoms with van der Waals surface area (Å²) in [6, 6.07) is 5.73. The van der Waals surface area contributed by atoms with E-state index in [1.165, 1.54) is 0 Å². The zero-order chi connectivity index (χ0) is 11.8. The molecular formula is C12H14N2O2. The third-order valence-electron chi connectivity index (χ3n) is 2.62. The molecule has 4 nitrogen and oxygen atoms in total. The normalized spacial score (nSPS) is 11.9. The van der Waals surface area contributed by atoms with E-state index in [2.05, 4.69) is 4.98 Å². The van der Waals surface area contributed by atoms with E-state index in [-0.39, 0.29) is 0 Å². The Morgan fingerprint density at radius 3 is 2.88 bits per heavy atom. The van der Waals surface area contributed by atoms with Crippen LogP contribution >= 0.6 is 0 Å².